The lowest BCUT2D eigenvalue weighted by Gasteiger charge is -2.40. The van der Waals surface area contributed by atoms with Crippen LogP contribution in [0, 0.1) is 0 Å². The van der Waals surface area contributed by atoms with E-state index in [-0.39, 0.29) is 5.54 Å². The molecule has 0 spiro atoms. The predicted octanol–water partition coefficient (Wildman–Crippen LogP) is 3.48. The van der Waals surface area contributed by atoms with Crippen molar-refractivity contribution in [1.29, 1.82) is 0 Å². The van der Waals surface area contributed by atoms with E-state index in [4.69, 9.17) is 0 Å². The monoisotopic (exact) mass is 353 g/mol. The van der Waals surface area contributed by atoms with Crippen LogP contribution < -0.4 is 10.2 Å². The Bertz CT molecular complexity index is 481. The van der Waals surface area contributed by atoms with Crippen LogP contribution in [0.1, 0.15) is 33.3 Å². The molecule has 0 bridgehead atoms. The highest BCUT2D eigenvalue weighted by Gasteiger charge is 2.22. The summed E-state index contributed by atoms with van der Waals surface area (Å²) in [4.78, 5) is 4.96. The fraction of sp³-hybridized carbons (Fsp3) is 0.647. The van der Waals surface area contributed by atoms with Crippen LogP contribution >= 0.6 is 15.9 Å². The maximum atomic E-state index is 3.61. The van der Waals surface area contributed by atoms with E-state index < -0.39 is 0 Å². The van der Waals surface area contributed by atoms with Crippen molar-refractivity contribution in [2.45, 2.75) is 45.8 Å². The Kier molecular flexibility index (Phi) is 5.33. The standard InChI is InChI=1S/C17H28BrN3/c1-13-12-21(9-8-20(13)5)16-7-6-15(18)10-14(16)11-19-17(2,3)4/h6-7,10,13,19H,8-9,11-12H2,1-5H3. The molecule has 0 aliphatic carbocycles. The quantitative estimate of drug-likeness (QED) is 0.897. The van der Waals surface area contributed by atoms with Crippen molar-refractivity contribution < 1.29 is 0 Å². The molecule has 1 aliphatic rings. The molecule has 1 saturated heterocycles. The van der Waals surface area contributed by atoms with Crippen molar-refractivity contribution in [2.24, 2.45) is 0 Å². The van der Waals surface area contributed by atoms with Gasteiger partial charge in [0.15, 0.2) is 0 Å². The number of nitrogens with one attached hydrogen (secondary N) is 1. The molecule has 21 heavy (non-hydrogen) atoms. The van der Waals surface area contributed by atoms with E-state index in [0.717, 1.165) is 30.7 Å². The van der Waals surface area contributed by atoms with Gasteiger partial charge in [-0.1, -0.05) is 15.9 Å². The highest BCUT2D eigenvalue weighted by atomic mass is 79.9. The van der Waals surface area contributed by atoms with Gasteiger partial charge in [-0.15, -0.1) is 0 Å². The lowest BCUT2D eigenvalue weighted by Crippen LogP contribution is -2.50. The summed E-state index contributed by atoms with van der Waals surface area (Å²) in [7, 11) is 2.21. The molecule has 1 fully saturated rings. The highest BCUT2D eigenvalue weighted by molar-refractivity contribution is 9.10. The van der Waals surface area contributed by atoms with E-state index in [1.54, 1.807) is 0 Å². The molecule has 3 nitrogen and oxygen atoms in total. The van der Waals surface area contributed by atoms with Crippen LogP contribution in [0.4, 0.5) is 5.69 Å². The molecule has 4 heteroatoms. The third-order valence-corrected chi connectivity index (χ3v) is 4.64. The average molecular weight is 354 g/mol. The molecule has 118 valence electrons. The summed E-state index contributed by atoms with van der Waals surface area (Å²) >= 11 is 3.61. The number of piperazine rings is 1. The SMILES string of the molecule is CC1CN(c2ccc(Br)cc2CNC(C)(C)C)CCN1C. The van der Waals surface area contributed by atoms with Gasteiger partial charge in [0.05, 0.1) is 0 Å². The molecule has 0 amide bonds. The molecule has 1 N–H and O–H groups in total. The molecular formula is C17H28BrN3. The Morgan fingerprint density at radius 2 is 2.00 bits per heavy atom. The topological polar surface area (TPSA) is 18.5 Å². The molecule has 1 atom stereocenters. The van der Waals surface area contributed by atoms with Crippen LogP contribution in [-0.4, -0.2) is 43.2 Å². The van der Waals surface area contributed by atoms with Crippen molar-refractivity contribution in [3.63, 3.8) is 0 Å². The van der Waals surface area contributed by atoms with E-state index in [9.17, 15) is 0 Å². The summed E-state index contributed by atoms with van der Waals surface area (Å²) in [6.45, 7) is 13.2. The molecular weight excluding hydrogens is 326 g/mol. The van der Waals surface area contributed by atoms with Crippen LogP contribution in [0.3, 0.4) is 0 Å². The number of halogens is 1. The molecule has 2 rings (SSSR count). The lowest BCUT2D eigenvalue weighted by molar-refractivity contribution is 0.234. The molecule has 0 aromatic heterocycles. The van der Waals surface area contributed by atoms with Crippen molar-refractivity contribution in [3.05, 3.63) is 28.2 Å². The fourth-order valence-corrected chi connectivity index (χ4v) is 3.04. The van der Waals surface area contributed by atoms with Crippen LogP contribution in [0.5, 0.6) is 0 Å². The summed E-state index contributed by atoms with van der Waals surface area (Å²) in [5.41, 5.74) is 2.88. The van der Waals surface area contributed by atoms with Gasteiger partial charge in [0.25, 0.3) is 0 Å². The molecule has 1 heterocycles. The van der Waals surface area contributed by atoms with Gasteiger partial charge < -0.3 is 15.1 Å². The van der Waals surface area contributed by atoms with Crippen molar-refractivity contribution in [2.75, 3.05) is 31.6 Å². The van der Waals surface area contributed by atoms with Gasteiger partial charge >= 0.3 is 0 Å². The minimum atomic E-state index is 0.134. The first-order chi connectivity index (χ1) is 9.76. The Balaban J connectivity index is 2.18. The molecule has 0 radical (unpaired) electrons. The normalized spacial score (nSPS) is 20.9. The maximum Gasteiger partial charge on any atom is 0.0413 e. The highest BCUT2D eigenvalue weighted by Crippen LogP contribution is 2.27. The maximum absolute atomic E-state index is 3.61. The molecule has 1 aromatic rings. The first kappa shape index (κ1) is 16.8. The minimum absolute atomic E-state index is 0.134. The number of rotatable bonds is 3. The van der Waals surface area contributed by atoms with Crippen LogP contribution in [-0.2, 0) is 6.54 Å². The largest absolute Gasteiger partial charge is 0.368 e. The number of likely N-dealkylation sites (N-methyl/N-ethyl adjacent to an activating group) is 1. The van der Waals surface area contributed by atoms with E-state index in [1.165, 1.54) is 11.3 Å². The first-order valence-corrected chi connectivity index (χ1v) is 8.54. The predicted molar refractivity (Wildman–Crippen MR) is 95.0 cm³/mol. The zero-order valence-electron chi connectivity index (χ0n) is 13.9. The summed E-state index contributed by atoms with van der Waals surface area (Å²) in [5, 5.41) is 3.61. The zero-order chi connectivity index (χ0) is 15.6. The van der Waals surface area contributed by atoms with E-state index in [2.05, 4.69) is 84.0 Å². The number of hydrogen-bond donors (Lipinski definition) is 1. The third-order valence-electron chi connectivity index (χ3n) is 4.15. The fourth-order valence-electron chi connectivity index (χ4n) is 2.63. The number of hydrogen-bond acceptors (Lipinski definition) is 3. The van der Waals surface area contributed by atoms with Gasteiger partial charge in [-0.3, -0.25) is 0 Å². The van der Waals surface area contributed by atoms with E-state index >= 15 is 0 Å². The molecule has 1 aliphatic heterocycles. The minimum Gasteiger partial charge on any atom is -0.368 e. The first-order valence-electron chi connectivity index (χ1n) is 7.75. The number of benzene rings is 1. The van der Waals surface area contributed by atoms with Gasteiger partial charge in [0.1, 0.15) is 0 Å². The van der Waals surface area contributed by atoms with Crippen molar-refractivity contribution in [1.82, 2.24) is 10.2 Å². The van der Waals surface area contributed by atoms with E-state index in [0.29, 0.717) is 6.04 Å². The number of nitrogens with zero attached hydrogens (tertiary/aromatic N) is 2. The lowest BCUT2D eigenvalue weighted by atomic mass is 10.1. The second-order valence-electron chi connectivity index (χ2n) is 7.15. The van der Waals surface area contributed by atoms with Crippen molar-refractivity contribution >= 4 is 21.6 Å². The summed E-state index contributed by atoms with van der Waals surface area (Å²) in [6, 6.07) is 7.25. The van der Waals surface area contributed by atoms with Gasteiger partial charge in [0, 0.05) is 47.9 Å². The van der Waals surface area contributed by atoms with Crippen molar-refractivity contribution in [3.8, 4) is 0 Å². The smallest absolute Gasteiger partial charge is 0.0413 e. The zero-order valence-corrected chi connectivity index (χ0v) is 15.5. The second kappa shape index (κ2) is 6.67. The van der Waals surface area contributed by atoms with Gasteiger partial charge in [0.2, 0.25) is 0 Å². The Morgan fingerprint density at radius 3 is 2.62 bits per heavy atom. The van der Waals surface area contributed by atoms with Crippen LogP contribution in [0.25, 0.3) is 0 Å². The molecule has 0 saturated carbocycles. The summed E-state index contributed by atoms with van der Waals surface area (Å²) in [6.07, 6.45) is 0. The Labute approximate surface area is 137 Å². The molecule has 1 aromatic carbocycles. The average Bonchev–Trinajstić information content (AvgIpc) is 2.39. The number of anilines is 1. The van der Waals surface area contributed by atoms with Gasteiger partial charge in [-0.05, 0) is 58.5 Å². The van der Waals surface area contributed by atoms with Crippen LogP contribution in [0.15, 0.2) is 22.7 Å². The van der Waals surface area contributed by atoms with Gasteiger partial charge in [-0.2, -0.15) is 0 Å². The second-order valence-corrected chi connectivity index (χ2v) is 8.07. The third kappa shape index (κ3) is 4.70. The Hall–Kier alpha value is -0.580. The summed E-state index contributed by atoms with van der Waals surface area (Å²) in [5.74, 6) is 0. The summed E-state index contributed by atoms with van der Waals surface area (Å²) < 4.78 is 1.15. The van der Waals surface area contributed by atoms with E-state index in [1.807, 2.05) is 0 Å². The van der Waals surface area contributed by atoms with Gasteiger partial charge in [-0.25, -0.2) is 0 Å². The Morgan fingerprint density at radius 1 is 1.29 bits per heavy atom. The van der Waals surface area contributed by atoms with Crippen LogP contribution in [0.2, 0.25) is 0 Å². The molecule has 1 unspecified atom stereocenters.